The molecule has 1 N–H and O–H groups in total. The number of aryl methyl sites for hydroxylation is 1. The molecule has 2 heteroatoms. The summed E-state index contributed by atoms with van der Waals surface area (Å²) in [6, 6.07) is 9.03. The summed E-state index contributed by atoms with van der Waals surface area (Å²) in [5.41, 5.74) is 2.74. The Hall–Kier alpha value is -0.860. The monoisotopic (exact) mass is 219 g/mol. The highest BCUT2D eigenvalue weighted by molar-refractivity contribution is 5.29. The molecule has 3 atom stereocenters. The zero-order valence-electron chi connectivity index (χ0n) is 10.4. The topological polar surface area (TPSA) is 21.3 Å². The highest BCUT2D eigenvalue weighted by Gasteiger charge is 2.26. The molecular weight excluding hydrogens is 198 g/mol. The van der Waals surface area contributed by atoms with Crippen LogP contribution in [0.25, 0.3) is 0 Å². The maximum absolute atomic E-state index is 6.06. The van der Waals surface area contributed by atoms with E-state index in [1.807, 2.05) is 0 Å². The van der Waals surface area contributed by atoms with E-state index in [1.165, 1.54) is 11.1 Å². The highest BCUT2D eigenvalue weighted by Crippen LogP contribution is 2.26. The van der Waals surface area contributed by atoms with Gasteiger partial charge in [0.1, 0.15) is 0 Å². The van der Waals surface area contributed by atoms with Gasteiger partial charge in [0.05, 0.1) is 12.2 Å². The minimum atomic E-state index is 0.211. The predicted octanol–water partition coefficient (Wildman–Crippen LogP) is 2.69. The van der Waals surface area contributed by atoms with Crippen molar-refractivity contribution < 1.29 is 4.74 Å². The summed E-state index contributed by atoms with van der Waals surface area (Å²) in [6.45, 7) is 7.43. The number of hydrogen-bond acceptors (Lipinski definition) is 2. The van der Waals surface area contributed by atoms with E-state index in [9.17, 15) is 0 Å². The van der Waals surface area contributed by atoms with Crippen molar-refractivity contribution in [2.75, 3.05) is 6.54 Å². The van der Waals surface area contributed by atoms with Gasteiger partial charge >= 0.3 is 0 Å². The molecule has 0 radical (unpaired) electrons. The highest BCUT2D eigenvalue weighted by atomic mass is 16.5. The first kappa shape index (κ1) is 11.6. The van der Waals surface area contributed by atoms with Crippen LogP contribution in [0.1, 0.15) is 38.0 Å². The van der Waals surface area contributed by atoms with Crippen LogP contribution in [0.15, 0.2) is 24.3 Å². The van der Waals surface area contributed by atoms with E-state index in [4.69, 9.17) is 4.74 Å². The average Bonchev–Trinajstić information content (AvgIpc) is 2.32. The molecule has 1 saturated heterocycles. The van der Waals surface area contributed by atoms with Crippen molar-refractivity contribution in [3.8, 4) is 0 Å². The molecule has 88 valence electrons. The lowest BCUT2D eigenvalue weighted by molar-refractivity contribution is -0.0512. The second-order valence-electron chi connectivity index (χ2n) is 4.58. The molecule has 0 spiro atoms. The third-order valence-electron chi connectivity index (χ3n) is 3.49. The molecule has 2 rings (SSSR count). The predicted molar refractivity (Wildman–Crippen MR) is 66.6 cm³/mol. The number of ether oxygens (including phenoxy) is 1. The van der Waals surface area contributed by atoms with Gasteiger partial charge in [-0.1, -0.05) is 31.2 Å². The molecule has 1 aromatic carbocycles. The molecule has 1 aliphatic heterocycles. The maximum Gasteiger partial charge on any atom is 0.0956 e. The molecule has 0 amide bonds. The van der Waals surface area contributed by atoms with Crippen LogP contribution in [-0.4, -0.2) is 18.7 Å². The van der Waals surface area contributed by atoms with Crippen molar-refractivity contribution in [3.05, 3.63) is 35.4 Å². The Kier molecular flexibility index (Phi) is 3.62. The fraction of sp³-hybridized carbons (Fsp3) is 0.571. The molecule has 0 bridgehead atoms. The zero-order chi connectivity index (χ0) is 11.5. The van der Waals surface area contributed by atoms with E-state index in [-0.39, 0.29) is 12.2 Å². The van der Waals surface area contributed by atoms with Gasteiger partial charge in [-0.05, 0) is 31.4 Å². The van der Waals surface area contributed by atoms with E-state index in [1.54, 1.807) is 0 Å². The van der Waals surface area contributed by atoms with Gasteiger partial charge in [-0.25, -0.2) is 0 Å². The van der Waals surface area contributed by atoms with Crippen molar-refractivity contribution in [2.45, 2.75) is 45.4 Å². The number of rotatable bonds is 2. The Labute approximate surface area is 98.0 Å². The quantitative estimate of drug-likeness (QED) is 0.825. The Morgan fingerprint density at radius 3 is 2.75 bits per heavy atom. The molecule has 1 fully saturated rings. The lowest BCUT2D eigenvalue weighted by Crippen LogP contribution is -2.46. The van der Waals surface area contributed by atoms with E-state index in [2.05, 4.69) is 50.4 Å². The van der Waals surface area contributed by atoms with Crippen molar-refractivity contribution in [3.63, 3.8) is 0 Å². The van der Waals surface area contributed by atoms with Crippen LogP contribution >= 0.6 is 0 Å². The molecular formula is C14H21NO. The van der Waals surface area contributed by atoms with Crippen molar-refractivity contribution in [1.29, 1.82) is 0 Å². The Bertz CT molecular complexity index is 350. The lowest BCUT2D eigenvalue weighted by atomic mass is 9.98. The first-order chi connectivity index (χ1) is 7.72. The fourth-order valence-corrected chi connectivity index (χ4v) is 2.24. The van der Waals surface area contributed by atoms with Crippen LogP contribution in [0.5, 0.6) is 0 Å². The summed E-state index contributed by atoms with van der Waals surface area (Å²) < 4.78 is 6.06. The average molecular weight is 219 g/mol. The van der Waals surface area contributed by atoms with Crippen LogP contribution in [-0.2, 0) is 11.2 Å². The maximum atomic E-state index is 6.06. The molecule has 0 saturated carbocycles. The normalized spacial score (nSPS) is 30.3. The fourth-order valence-electron chi connectivity index (χ4n) is 2.24. The van der Waals surface area contributed by atoms with E-state index >= 15 is 0 Å². The number of nitrogens with one attached hydrogen (secondary N) is 1. The van der Waals surface area contributed by atoms with Crippen molar-refractivity contribution >= 4 is 0 Å². The van der Waals surface area contributed by atoms with Crippen molar-refractivity contribution in [1.82, 2.24) is 5.32 Å². The summed E-state index contributed by atoms with van der Waals surface area (Å²) in [4.78, 5) is 0. The van der Waals surface area contributed by atoms with Gasteiger partial charge in [0.2, 0.25) is 0 Å². The summed E-state index contributed by atoms with van der Waals surface area (Å²) in [5, 5.41) is 3.51. The molecule has 1 aliphatic rings. The Morgan fingerprint density at radius 1 is 1.31 bits per heavy atom. The molecule has 3 unspecified atom stereocenters. The number of benzene rings is 1. The Morgan fingerprint density at radius 2 is 2.06 bits per heavy atom. The SMILES string of the molecule is CCc1ccccc1C1CNC(C)C(C)O1. The van der Waals surface area contributed by atoms with E-state index < -0.39 is 0 Å². The van der Waals surface area contributed by atoms with Gasteiger partial charge in [0.25, 0.3) is 0 Å². The van der Waals surface area contributed by atoms with E-state index in [0.717, 1.165) is 13.0 Å². The molecule has 0 aliphatic carbocycles. The number of morpholine rings is 1. The largest absolute Gasteiger partial charge is 0.368 e. The third-order valence-corrected chi connectivity index (χ3v) is 3.49. The van der Waals surface area contributed by atoms with Crippen LogP contribution in [0.2, 0.25) is 0 Å². The molecule has 1 aromatic rings. The van der Waals surface area contributed by atoms with Crippen LogP contribution < -0.4 is 5.32 Å². The summed E-state index contributed by atoms with van der Waals surface area (Å²) in [7, 11) is 0. The second kappa shape index (κ2) is 4.98. The van der Waals surface area contributed by atoms with Crippen LogP contribution in [0.3, 0.4) is 0 Å². The Balaban J connectivity index is 2.18. The van der Waals surface area contributed by atoms with E-state index in [0.29, 0.717) is 6.04 Å². The van der Waals surface area contributed by atoms with Gasteiger partial charge in [0.15, 0.2) is 0 Å². The molecule has 1 heterocycles. The van der Waals surface area contributed by atoms with Gasteiger partial charge in [0, 0.05) is 12.6 Å². The minimum absolute atomic E-state index is 0.211. The summed E-state index contributed by atoms with van der Waals surface area (Å²) in [6.07, 6.45) is 1.56. The summed E-state index contributed by atoms with van der Waals surface area (Å²) in [5.74, 6) is 0. The van der Waals surface area contributed by atoms with Gasteiger partial charge < -0.3 is 10.1 Å². The summed E-state index contributed by atoms with van der Waals surface area (Å²) >= 11 is 0. The molecule has 2 nitrogen and oxygen atoms in total. The first-order valence-electron chi connectivity index (χ1n) is 6.19. The lowest BCUT2D eigenvalue weighted by Gasteiger charge is -2.34. The molecule has 16 heavy (non-hydrogen) atoms. The second-order valence-corrected chi connectivity index (χ2v) is 4.58. The number of hydrogen-bond donors (Lipinski definition) is 1. The standard InChI is InChI=1S/C14H21NO/c1-4-12-7-5-6-8-13(12)14-9-15-10(2)11(3)16-14/h5-8,10-11,14-15H,4,9H2,1-3H3. The first-order valence-corrected chi connectivity index (χ1v) is 6.19. The minimum Gasteiger partial charge on any atom is -0.368 e. The van der Waals surface area contributed by atoms with Crippen LogP contribution in [0.4, 0.5) is 0 Å². The smallest absolute Gasteiger partial charge is 0.0956 e. The van der Waals surface area contributed by atoms with Crippen molar-refractivity contribution in [2.24, 2.45) is 0 Å². The van der Waals surface area contributed by atoms with Gasteiger partial charge in [-0.15, -0.1) is 0 Å². The van der Waals surface area contributed by atoms with Gasteiger partial charge in [-0.2, -0.15) is 0 Å². The molecule has 0 aromatic heterocycles. The zero-order valence-corrected chi connectivity index (χ0v) is 10.4. The van der Waals surface area contributed by atoms with Gasteiger partial charge in [-0.3, -0.25) is 0 Å². The third kappa shape index (κ3) is 2.28. The van der Waals surface area contributed by atoms with Crippen LogP contribution in [0, 0.1) is 0 Å².